The van der Waals surface area contributed by atoms with Gasteiger partial charge in [-0.25, -0.2) is 19.3 Å². The van der Waals surface area contributed by atoms with E-state index in [2.05, 4.69) is 41.5 Å². The summed E-state index contributed by atoms with van der Waals surface area (Å²) in [6.07, 6.45) is 2.76. The number of rotatable bonds is 5. The SMILES string of the molecule is Cc1ccc(Nc2ncnc(Nc3ccc(Br)cc3F)c2[N+](=O)[O-])nc1. The lowest BCUT2D eigenvalue weighted by molar-refractivity contribution is -0.383. The molecule has 0 bridgehead atoms. The first-order valence-electron chi connectivity index (χ1n) is 7.35. The number of hydrogen-bond acceptors (Lipinski definition) is 7. The Labute approximate surface area is 155 Å². The molecule has 2 heterocycles. The molecule has 26 heavy (non-hydrogen) atoms. The molecule has 132 valence electrons. The van der Waals surface area contributed by atoms with Gasteiger partial charge in [0.25, 0.3) is 0 Å². The summed E-state index contributed by atoms with van der Waals surface area (Å²) in [4.78, 5) is 22.8. The molecule has 2 N–H and O–H groups in total. The molecule has 8 nitrogen and oxygen atoms in total. The van der Waals surface area contributed by atoms with Crippen molar-refractivity contribution in [1.29, 1.82) is 0 Å². The van der Waals surface area contributed by atoms with Gasteiger partial charge >= 0.3 is 5.69 Å². The van der Waals surface area contributed by atoms with Crippen molar-refractivity contribution >= 4 is 44.8 Å². The largest absolute Gasteiger partial charge is 0.353 e. The number of hydrogen-bond donors (Lipinski definition) is 2. The number of anilines is 4. The molecule has 3 rings (SSSR count). The van der Waals surface area contributed by atoms with Crippen LogP contribution in [0.2, 0.25) is 0 Å². The van der Waals surface area contributed by atoms with Gasteiger partial charge in [-0.2, -0.15) is 0 Å². The van der Waals surface area contributed by atoms with Gasteiger partial charge in [0.15, 0.2) is 0 Å². The molecule has 0 spiro atoms. The van der Waals surface area contributed by atoms with Crippen LogP contribution >= 0.6 is 15.9 Å². The lowest BCUT2D eigenvalue weighted by Crippen LogP contribution is -2.06. The van der Waals surface area contributed by atoms with Gasteiger partial charge in [-0.1, -0.05) is 22.0 Å². The lowest BCUT2D eigenvalue weighted by atomic mass is 10.3. The van der Waals surface area contributed by atoms with Crippen LogP contribution in [0.15, 0.2) is 47.3 Å². The van der Waals surface area contributed by atoms with Crippen molar-refractivity contribution in [2.75, 3.05) is 10.6 Å². The van der Waals surface area contributed by atoms with Crippen LogP contribution in [-0.4, -0.2) is 19.9 Å². The Balaban J connectivity index is 1.98. The van der Waals surface area contributed by atoms with Gasteiger partial charge in [0.2, 0.25) is 11.6 Å². The quantitative estimate of drug-likeness (QED) is 0.464. The number of aryl methyl sites for hydroxylation is 1. The lowest BCUT2D eigenvalue weighted by Gasteiger charge is -2.10. The molecule has 0 unspecified atom stereocenters. The minimum absolute atomic E-state index is 0.0504. The van der Waals surface area contributed by atoms with Crippen LogP contribution in [-0.2, 0) is 0 Å². The molecule has 0 radical (unpaired) electrons. The summed E-state index contributed by atoms with van der Waals surface area (Å²) < 4.78 is 14.6. The van der Waals surface area contributed by atoms with Gasteiger partial charge in [0.05, 0.1) is 10.6 Å². The maximum Gasteiger partial charge on any atom is 0.353 e. The summed E-state index contributed by atoms with van der Waals surface area (Å²) in [5.41, 5.74) is 0.576. The Bertz CT molecular complexity index is 967. The third-order valence-electron chi connectivity index (χ3n) is 3.35. The van der Waals surface area contributed by atoms with Crippen LogP contribution in [0.1, 0.15) is 5.56 Å². The first-order chi connectivity index (χ1) is 12.4. The standard InChI is InChI=1S/C16H12BrFN6O2/c1-9-2-5-13(19-7-9)23-16-14(24(25)26)15(20-8-21-16)22-12-4-3-10(17)6-11(12)18/h2-8H,1H3,(H2,19,20,21,22,23). The first-order valence-corrected chi connectivity index (χ1v) is 8.14. The Morgan fingerprint density at radius 3 is 2.46 bits per heavy atom. The van der Waals surface area contributed by atoms with Crippen LogP contribution in [0.5, 0.6) is 0 Å². The van der Waals surface area contributed by atoms with Gasteiger partial charge < -0.3 is 10.6 Å². The predicted molar refractivity (Wildman–Crippen MR) is 98.3 cm³/mol. The van der Waals surface area contributed by atoms with Crippen molar-refractivity contribution in [2.45, 2.75) is 6.92 Å². The summed E-state index contributed by atoms with van der Waals surface area (Å²) in [6, 6.07) is 7.76. The molecule has 0 aliphatic carbocycles. The Kier molecular flexibility index (Phi) is 5.03. The third kappa shape index (κ3) is 3.91. The molecule has 0 atom stereocenters. The monoisotopic (exact) mass is 418 g/mol. The molecular weight excluding hydrogens is 407 g/mol. The van der Waals surface area contributed by atoms with E-state index in [0.717, 1.165) is 11.9 Å². The molecule has 10 heteroatoms. The molecular formula is C16H12BrFN6O2. The highest BCUT2D eigenvalue weighted by Gasteiger charge is 2.24. The number of nitrogens with one attached hydrogen (secondary N) is 2. The number of aromatic nitrogens is 3. The van der Waals surface area contributed by atoms with Gasteiger partial charge in [0.1, 0.15) is 18.0 Å². The van der Waals surface area contributed by atoms with E-state index in [0.29, 0.717) is 10.3 Å². The van der Waals surface area contributed by atoms with Gasteiger partial charge in [-0.05, 0) is 36.8 Å². The van der Waals surface area contributed by atoms with E-state index in [1.165, 1.54) is 12.1 Å². The van der Waals surface area contributed by atoms with Crippen molar-refractivity contribution in [3.8, 4) is 0 Å². The van der Waals surface area contributed by atoms with Crippen molar-refractivity contribution in [1.82, 2.24) is 15.0 Å². The predicted octanol–water partition coefficient (Wildman–Crippen LogP) is 4.48. The second-order valence-electron chi connectivity index (χ2n) is 5.27. The zero-order valence-electron chi connectivity index (χ0n) is 13.4. The van der Waals surface area contributed by atoms with Gasteiger partial charge in [0, 0.05) is 10.7 Å². The second-order valence-corrected chi connectivity index (χ2v) is 6.19. The highest BCUT2D eigenvalue weighted by atomic mass is 79.9. The molecule has 0 fully saturated rings. The van der Waals surface area contributed by atoms with E-state index in [4.69, 9.17) is 0 Å². The fourth-order valence-corrected chi connectivity index (χ4v) is 2.45. The molecule has 0 aliphatic rings. The normalized spacial score (nSPS) is 10.4. The molecule has 1 aromatic carbocycles. The van der Waals surface area contributed by atoms with Crippen molar-refractivity contribution in [2.24, 2.45) is 0 Å². The number of halogens is 2. The van der Waals surface area contributed by atoms with E-state index in [-0.39, 0.29) is 17.3 Å². The number of pyridine rings is 1. The van der Waals surface area contributed by atoms with Crippen LogP contribution in [0, 0.1) is 22.9 Å². The first kappa shape index (κ1) is 17.7. The molecule has 0 aliphatic heterocycles. The fourth-order valence-electron chi connectivity index (χ4n) is 2.12. The van der Waals surface area contributed by atoms with Crippen LogP contribution in [0.3, 0.4) is 0 Å². The zero-order valence-corrected chi connectivity index (χ0v) is 15.0. The smallest absolute Gasteiger partial charge is 0.332 e. The van der Waals surface area contributed by atoms with E-state index in [9.17, 15) is 14.5 Å². The maximum atomic E-state index is 14.0. The molecule has 0 saturated carbocycles. The molecule has 0 saturated heterocycles. The van der Waals surface area contributed by atoms with Crippen molar-refractivity contribution < 1.29 is 9.31 Å². The fraction of sp³-hybridized carbons (Fsp3) is 0.0625. The van der Waals surface area contributed by atoms with E-state index < -0.39 is 16.4 Å². The molecule has 0 amide bonds. The number of nitrogens with zero attached hydrogens (tertiary/aromatic N) is 4. The molecule has 2 aromatic heterocycles. The third-order valence-corrected chi connectivity index (χ3v) is 3.84. The number of nitro groups is 1. The highest BCUT2D eigenvalue weighted by Crippen LogP contribution is 2.33. The Hall–Kier alpha value is -3.14. The van der Waals surface area contributed by atoms with E-state index >= 15 is 0 Å². The number of benzene rings is 1. The minimum Gasteiger partial charge on any atom is -0.332 e. The summed E-state index contributed by atoms with van der Waals surface area (Å²) in [7, 11) is 0. The summed E-state index contributed by atoms with van der Waals surface area (Å²) in [6.45, 7) is 1.87. The summed E-state index contributed by atoms with van der Waals surface area (Å²) >= 11 is 3.15. The Morgan fingerprint density at radius 1 is 1.12 bits per heavy atom. The summed E-state index contributed by atoms with van der Waals surface area (Å²) in [5, 5.41) is 17.0. The Morgan fingerprint density at radius 2 is 1.85 bits per heavy atom. The van der Waals surface area contributed by atoms with Crippen LogP contribution in [0.25, 0.3) is 0 Å². The molecule has 3 aromatic rings. The van der Waals surface area contributed by atoms with Crippen molar-refractivity contribution in [3.63, 3.8) is 0 Å². The van der Waals surface area contributed by atoms with E-state index in [1.807, 2.05) is 6.92 Å². The van der Waals surface area contributed by atoms with Crippen LogP contribution < -0.4 is 10.6 Å². The second kappa shape index (κ2) is 7.40. The van der Waals surface area contributed by atoms with E-state index in [1.54, 1.807) is 24.4 Å². The van der Waals surface area contributed by atoms with Gasteiger partial charge in [-0.15, -0.1) is 0 Å². The average Bonchev–Trinajstić information content (AvgIpc) is 2.59. The van der Waals surface area contributed by atoms with Crippen LogP contribution in [0.4, 0.5) is 33.2 Å². The topological polar surface area (TPSA) is 106 Å². The van der Waals surface area contributed by atoms with Crippen molar-refractivity contribution in [3.05, 3.63) is 68.8 Å². The highest BCUT2D eigenvalue weighted by molar-refractivity contribution is 9.10. The summed E-state index contributed by atoms with van der Waals surface area (Å²) in [5.74, 6) is -0.387. The maximum absolute atomic E-state index is 14.0. The minimum atomic E-state index is -0.643. The average molecular weight is 419 g/mol. The zero-order chi connectivity index (χ0) is 18.7. The van der Waals surface area contributed by atoms with Gasteiger partial charge in [-0.3, -0.25) is 10.1 Å².